The van der Waals surface area contributed by atoms with E-state index in [1.807, 2.05) is 12.1 Å². The van der Waals surface area contributed by atoms with Crippen LogP contribution in [-0.2, 0) is 10.9 Å². The van der Waals surface area contributed by atoms with Crippen LogP contribution in [0.4, 0.5) is 18.9 Å². The van der Waals surface area contributed by atoms with Crippen LogP contribution in [0, 0.1) is 0 Å². The molecule has 0 saturated heterocycles. The molecule has 168 valence electrons. The predicted molar refractivity (Wildman–Crippen MR) is 114 cm³/mol. The highest BCUT2D eigenvalue weighted by atomic mass is 19.4. The third-order valence-corrected chi connectivity index (χ3v) is 4.80. The van der Waals surface area contributed by atoms with E-state index in [2.05, 4.69) is 15.4 Å². The number of esters is 1. The van der Waals surface area contributed by atoms with Crippen molar-refractivity contribution >= 4 is 28.5 Å². The van der Waals surface area contributed by atoms with E-state index in [0.29, 0.717) is 15.9 Å². The molecular formula is C23H17F3N4O3. The highest BCUT2D eigenvalue weighted by molar-refractivity contribution is 6.08. The molecule has 4 aromatic rings. The van der Waals surface area contributed by atoms with Gasteiger partial charge in [0.15, 0.2) is 5.69 Å². The number of carbonyl (C=O) groups excluding carboxylic acids is 2. The molecule has 0 atom stereocenters. The molecule has 0 fully saturated rings. The van der Waals surface area contributed by atoms with Crippen LogP contribution in [-0.4, -0.2) is 33.2 Å². The quantitative estimate of drug-likeness (QED) is 0.435. The average molecular weight is 454 g/mol. The number of pyridine rings is 1. The number of anilines is 1. The van der Waals surface area contributed by atoms with Crippen LogP contribution < -0.4 is 5.32 Å². The lowest BCUT2D eigenvalue weighted by atomic mass is 10.1. The second-order valence-electron chi connectivity index (χ2n) is 6.91. The number of amides is 1. The molecule has 7 nitrogen and oxygen atoms in total. The molecule has 0 radical (unpaired) electrons. The van der Waals surface area contributed by atoms with Gasteiger partial charge in [0.1, 0.15) is 5.56 Å². The summed E-state index contributed by atoms with van der Waals surface area (Å²) in [5.41, 5.74) is -0.409. The molecule has 0 aliphatic heterocycles. The fraction of sp³-hybridized carbons (Fsp3) is 0.130. The van der Waals surface area contributed by atoms with E-state index in [9.17, 15) is 22.8 Å². The summed E-state index contributed by atoms with van der Waals surface area (Å²) in [5, 5.41) is 7.26. The minimum Gasteiger partial charge on any atom is -0.462 e. The van der Waals surface area contributed by atoms with Gasteiger partial charge in [-0.2, -0.15) is 18.3 Å². The van der Waals surface area contributed by atoms with Gasteiger partial charge < -0.3 is 10.1 Å². The van der Waals surface area contributed by atoms with E-state index in [-0.39, 0.29) is 17.9 Å². The van der Waals surface area contributed by atoms with Crippen molar-refractivity contribution in [3.05, 3.63) is 83.8 Å². The molecule has 10 heteroatoms. The Morgan fingerprint density at radius 1 is 1.06 bits per heavy atom. The predicted octanol–water partition coefficient (Wildman–Crippen LogP) is 4.87. The number of hydrogen-bond acceptors (Lipinski definition) is 5. The van der Waals surface area contributed by atoms with Crippen LogP contribution in [0.3, 0.4) is 0 Å². The maximum Gasteiger partial charge on any atom is 0.434 e. The van der Waals surface area contributed by atoms with Crippen LogP contribution >= 0.6 is 0 Å². The molecule has 2 aromatic carbocycles. The van der Waals surface area contributed by atoms with Crippen molar-refractivity contribution in [3.63, 3.8) is 0 Å². The van der Waals surface area contributed by atoms with Gasteiger partial charge in [0, 0.05) is 17.1 Å². The molecule has 0 bridgehead atoms. The van der Waals surface area contributed by atoms with Crippen molar-refractivity contribution in [1.29, 1.82) is 0 Å². The van der Waals surface area contributed by atoms with Crippen molar-refractivity contribution in [2.24, 2.45) is 0 Å². The van der Waals surface area contributed by atoms with Gasteiger partial charge in [-0.15, -0.1) is 0 Å². The smallest absolute Gasteiger partial charge is 0.434 e. The topological polar surface area (TPSA) is 86.1 Å². The Hall–Kier alpha value is -4.21. The first-order valence-corrected chi connectivity index (χ1v) is 9.87. The Morgan fingerprint density at radius 3 is 2.52 bits per heavy atom. The van der Waals surface area contributed by atoms with E-state index >= 15 is 0 Å². The van der Waals surface area contributed by atoms with E-state index in [1.54, 1.807) is 24.4 Å². The molecule has 1 N–H and O–H groups in total. The number of nitrogens with one attached hydrogen (secondary N) is 1. The number of nitrogens with zero attached hydrogens (tertiary/aromatic N) is 3. The monoisotopic (exact) mass is 454 g/mol. The number of rotatable bonds is 5. The lowest BCUT2D eigenvalue weighted by Gasteiger charge is -2.13. The number of carbonyl (C=O) groups is 2. The fourth-order valence-corrected chi connectivity index (χ4v) is 3.34. The van der Waals surface area contributed by atoms with Crippen molar-refractivity contribution in [1.82, 2.24) is 14.8 Å². The van der Waals surface area contributed by atoms with Gasteiger partial charge in [-0.25, -0.2) is 9.48 Å². The van der Waals surface area contributed by atoms with Crippen molar-refractivity contribution < 1.29 is 27.5 Å². The first kappa shape index (κ1) is 22.0. The van der Waals surface area contributed by atoms with Crippen LogP contribution in [0.5, 0.6) is 0 Å². The normalized spacial score (nSPS) is 11.4. The number of hydrogen-bond donors (Lipinski definition) is 1. The van der Waals surface area contributed by atoms with Gasteiger partial charge >= 0.3 is 12.1 Å². The lowest BCUT2D eigenvalue weighted by Crippen LogP contribution is -2.18. The van der Waals surface area contributed by atoms with E-state index in [4.69, 9.17) is 4.74 Å². The van der Waals surface area contributed by atoms with Crippen molar-refractivity contribution in [2.75, 3.05) is 11.9 Å². The minimum atomic E-state index is -4.85. The number of ether oxygens (including phenoxy) is 1. The SMILES string of the molecule is CCOC(=O)c1cnn(-c2ccc(C(=O)Nc3cccc4ncccc34)cc2)c1C(F)(F)F. The van der Waals surface area contributed by atoms with Crippen LogP contribution in [0.25, 0.3) is 16.6 Å². The summed E-state index contributed by atoms with van der Waals surface area (Å²) >= 11 is 0. The van der Waals surface area contributed by atoms with Gasteiger partial charge in [-0.1, -0.05) is 6.07 Å². The molecule has 2 aromatic heterocycles. The second-order valence-corrected chi connectivity index (χ2v) is 6.91. The zero-order chi connectivity index (χ0) is 23.6. The van der Waals surface area contributed by atoms with Gasteiger partial charge in [0.05, 0.1) is 29.7 Å². The number of alkyl halides is 3. The molecule has 0 saturated carbocycles. The average Bonchev–Trinajstić information content (AvgIpc) is 3.26. The zero-order valence-electron chi connectivity index (χ0n) is 17.3. The number of fused-ring (bicyclic) bond motifs is 1. The summed E-state index contributed by atoms with van der Waals surface area (Å²) < 4.78 is 46.3. The summed E-state index contributed by atoms with van der Waals surface area (Å²) in [5.74, 6) is -1.56. The Kier molecular flexibility index (Phi) is 5.82. The summed E-state index contributed by atoms with van der Waals surface area (Å²) in [6.07, 6.45) is -2.39. The molecule has 0 spiro atoms. The third kappa shape index (κ3) is 4.40. The zero-order valence-corrected chi connectivity index (χ0v) is 17.3. The molecular weight excluding hydrogens is 437 g/mol. The minimum absolute atomic E-state index is 0.0313. The first-order chi connectivity index (χ1) is 15.8. The van der Waals surface area contributed by atoms with E-state index in [0.717, 1.165) is 11.6 Å². The van der Waals surface area contributed by atoms with Crippen LogP contribution in [0.1, 0.15) is 33.3 Å². The fourth-order valence-electron chi connectivity index (χ4n) is 3.34. The van der Waals surface area contributed by atoms with E-state index in [1.165, 1.54) is 31.2 Å². The van der Waals surface area contributed by atoms with Crippen molar-refractivity contribution in [2.45, 2.75) is 13.1 Å². The van der Waals surface area contributed by atoms with Crippen LogP contribution in [0.15, 0.2) is 67.0 Å². The number of halogens is 3. The summed E-state index contributed by atoms with van der Waals surface area (Å²) in [6, 6.07) is 14.2. The standard InChI is InChI=1S/C23H17F3N4O3/c1-2-33-22(32)17-13-28-30(20(17)23(24,25)26)15-10-8-14(9-11-15)21(31)29-19-7-3-6-18-16(19)5-4-12-27-18/h3-13H,2H2,1H3,(H,29,31). The maximum absolute atomic E-state index is 13.7. The second kappa shape index (κ2) is 8.73. The molecule has 0 unspecified atom stereocenters. The molecule has 0 aliphatic carbocycles. The molecule has 33 heavy (non-hydrogen) atoms. The number of aromatic nitrogens is 3. The molecule has 2 heterocycles. The molecule has 4 rings (SSSR count). The van der Waals surface area contributed by atoms with Gasteiger partial charge in [0.25, 0.3) is 5.91 Å². The van der Waals surface area contributed by atoms with Gasteiger partial charge in [0.2, 0.25) is 0 Å². The summed E-state index contributed by atoms with van der Waals surface area (Å²) in [4.78, 5) is 28.9. The number of benzene rings is 2. The lowest BCUT2D eigenvalue weighted by molar-refractivity contribution is -0.143. The highest BCUT2D eigenvalue weighted by Crippen LogP contribution is 2.34. The Balaban J connectivity index is 1.62. The molecule has 1 amide bonds. The largest absolute Gasteiger partial charge is 0.462 e. The third-order valence-electron chi connectivity index (χ3n) is 4.80. The summed E-state index contributed by atoms with van der Waals surface area (Å²) in [7, 11) is 0. The Labute approximate surface area is 185 Å². The first-order valence-electron chi connectivity index (χ1n) is 9.87. The van der Waals surface area contributed by atoms with Gasteiger partial charge in [-0.05, 0) is 55.5 Å². The van der Waals surface area contributed by atoms with Crippen molar-refractivity contribution in [3.8, 4) is 5.69 Å². The summed E-state index contributed by atoms with van der Waals surface area (Å²) in [6.45, 7) is 1.42. The van der Waals surface area contributed by atoms with Gasteiger partial charge in [-0.3, -0.25) is 9.78 Å². The Morgan fingerprint density at radius 2 is 1.82 bits per heavy atom. The molecule has 0 aliphatic rings. The van der Waals surface area contributed by atoms with Crippen LogP contribution in [0.2, 0.25) is 0 Å². The highest BCUT2D eigenvalue weighted by Gasteiger charge is 2.41. The van der Waals surface area contributed by atoms with E-state index < -0.39 is 29.3 Å². The Bertz CT molecular complexity index is 1330. The maximum atomic E-state index is 13.7.